The van der Waals surface area contributed by atoms with Gasteiger partial charge in [-0.1, -0.05) is 68.4 Å². The van der Waals surface area contributed by atoms with E-state index in [1.165, 1.54) is 5.57 Å². The molecule has 0 aromatic heterocycles. The maximum absolute atomic E-state index is 11.9. The molecule has 0 N–H and O–H groups in total. The van der Waals surface area contributed by atoms with E-state index in [-0.39, 0.29) is 28.8 Å². The Labute approximate surface area is 134 Å². The van der Waals surface area contributed by atoms with Gasteiger partial charge >= 0.3 is 0 Å². The first-order valence-electron chi connectivity index (χ1n) is 7.92. The number of carbonyl (C=O) groups is 2. The zero-order valence-electron chi connectivity index (χ0n) is 14.6. The summed E-state index contributed by atoms with van der Waals surface area (Å²) in [4.78, 5) is 23.7. The molecule has 0 aliphatic heterocycles. The molecule has 2 nitrogen and oxygen atoms in total. The Morgan fingerprint density at radius 2 is 1.77 bits per heavy atom. The van der Waals surface area contributed by atoms with Crippen LogP contribution in [0.2, 0.25) is 0 Å². The van der Waals surface area contributed by atoms with Crippen molar-refractivity contribution in [3.05, 3.63) is 47.6 Å². The Bertz CT molecular complexity index is 556. The van der Waals surface area contributed by atoms with E-state index in [4.69, 9.17) is 0 Å². The first-order chi connectivity index (χ1) is 10.2. The van der Waals surface area contributed by atoms with Gasteiger partial charge in [0.05, 0.1) is 0 Å². The number of hydrogen-bond donors (Lipinski definition) is 0. The average Bonchev–Trinajstić information content (AvgIpc) is 2.43. The summed E-state index contributed by atoms with van der Waals surface area (Å²) in [6, 6.07) is 0. The van der Waals surface area contributed by atoms with Gasteiger partial charge in [0.25, 0.3) is 0 Å². The number of carbonyl (C=O) groups excluding carboxylic acids is 2. The molecule has 2 atom stereocenters. The van der Waals surface area contributed by atoms with E-state index in [1.54, 1.807) is 0 Å². The summed E-state index contributed by atoms with van der Waals surface area (Å²) in [6.07, 6.45) is 12.7. The van der Waals surface area contributed by atoms with Gasteiger partial charge in [-0.2, -0.15) is 0 Å². The van der Waals surface area contributed by atoms with Crippen LogP contribution in [0.3, 0.4) is 0 Å². The number of allylic oxidation sites excluding steroid dienone is 8. The molecule has 0 bridgehead atoms. The van der Waals surface area contributed by atoms with Crippen LogP contribution in [-0.4, -0.2) is 11.6 Å². The van der Waals surface area contributed by atoms with Crippen molar-refractivity contribution in [2.75, 3.05) is 0 Å². The molecule has 0 heterocycles. The van der Waals surface area contributed by atoms with Crippen molar-refractivity contribution in [1.82, 2.24) is 0 Å². The monoisotopic (exact) mass is 300 g/mol. The van der Waals surface area contributed by atoms with Gasteiger partial charge in [-0.3, -0.25) is 9.59 Å². The third kappa shape index (κ3) is 4.66. The van der Waals surface area contributed by atoms with Gasteiger partial charge < -0.3 is 0 Å². The Hall–Kier alpha value is -1.70. The standard InChI is InChI=1S/C20H28O2/c1-7-14(2)9-8-10-15(3)11-12-17-16(4)19(22)18(21)13-20(17,5)6/h7-12,16-17H,13H2,1-6H3/b9-8+,12-11+,14-7+,15-10+. The lowest BCUT2D eigenvalue weighted by molar-refractivity contribution is -0.145. The van der Waals surface area contributed by atoms with Crippen LogP contribution in [0.4, 0.5) is 0 Å². The highest BCUT2D eigenvalue weighted by molar-refractivity contribution is 6.38. The van der Waals surface area contributed by atoms with Crippen molar-refractivity contribution in [3.63, 3.8) is 0 Å². The van der Waals surface area contributed by atoms with E-state index >= 15 is 0 Å². The molecule has 0 saturated heterocycles. The zero-order chi connectivity index (χ0) is 16.9. The highest BCUT2D eigenvalue weighted by Crippen LogP contribution is 2.41. The van der Waals surface area contributed by atoms with Crippen molar-refractivity contribution in [2.45, 2.75) is 48.0 Å². The normalized spacial score (nSPS) is 27.2. The molecule has 1 saturated carbocycles. The number of ketones is 2. The summed E-state index contributed by atoms with van der Waals surface area (Å²) in [5.41, 5.74) is 2.19. The number of Topliss-reactive ketones (excluding diaryl/α,β-unsaturated/α-hetero) is 2. The molecule has 0 amide bonds. The first-order valence-corrected chi connectivity index (χ1v) is 7.92. The molecule has 1 rings (SSSR count). The van der Waals surface area contributed by atoms with E-state index in [9.17, 15) is 9.59 Å². The minimum absolute atomic E-state index is 0.0994. The molecular formula is C20H28O2. The summed E-state index contributed by atoms with van der Waals surface area (Å²) in [5, 5.41) is 0. The molecule has 0 aromatic carbocycles. The molecule has 1 aliphatic rings. The van der Waals surface area contributed by atoms with Gasteiger partial charge in [0.15, 0.2) is 5.78 Å². The summed E-state index contributed by atoms with van der Waals surface area (Å²) < 4.78 is 0. The van der Waals surface area contributed by atoms with Crippen LogP contribution in [0.5, 0.6) is 0 Å². The van der Waals surface area contributed by atoms with Crippen LogP contribution in [0, 0.1) is 17.3 Å². The highest BCUT2D eigenvalue weighted by atomic mass is 16.2. The van der Waals surface area contributed by atoms with Crippen molar-refractivity contribution < 1.29 is 9.59 Å². The van der Waals surface area contributed by atoms with Gasteiger partial charge in [-0.25, -0.2) is 0 Å². The maximum Gasteiger partial charge on any atom is 0.201 e. The van der Waals surface area contributed by atoms with Gasteiger partial charge in [0.2, 0.25) is 5.78 Å². The second-order valence-electron chi connectivity index (χ2n) is 6.93. The van der Waals surface area contributed by atoms with Crippen LogP contribution in [0.1, 0.15) is 48.0 Å². The molecule has 22 heavy (non-hydrogen) atoms. The fourth-order valence-corrected chi connectivity index (χ4v) is 2.90. The second kappa shape index (κ2) is 7.53. The van der Waals surface area contributed by atoms with Crippen LogP contribution < -0.4 is 0 Å². The molecule has 120 valence electrons. The van der Waals surface area contributed by atoms with E-state index in [2.05, 4.69) is 51.2 Å². The van der Waals surface area contributed by atoms with Crippen molar-refractivity contribution >= 4 is 11.6 Å². The van der Waals surface area contributed by atoms with Crippen LogP contribution in [-0.2, 0) is 9.59 Å². The summed E-state index contributed by atoms with van der Waals surface area (Å²) >= 11 is 0. The predicted molar refractivity (Wildman–Crippen MR) is 92.5 cm³/mol. The minimum atomic E-state index is -0.235. The van der Waals surface area contributed by atoms with Crippen LogP contribution in [0.15, 0.2) is 47.6 Å². The van der Waals surface area contributed by atoms with E-state index in [1.807, 2.05) is 26.8 Å². The molecule has 0 radical (unpaired) electrons. The van der Waals surface area contributed by atoms with E-state index in [0.29, 0.717) is 6.42 Å². The quantitative estimate of drug-likeness (QED) is 0.550. The molecule has 2 heteroatoms. The Morgan fingerprint density at radius 3 is 2.36 bits per heavy atom. The fraction of sp³-hybridized carbons (Fsp3) is 0.500. The Morgan fingerprint density at radius 1 is 1.14 bits per heavy atom. The number of rotatable bonds is 4. The lowest BCUT2D eigenvalue weighted by Crippen LogP contribution is -2.43. The van der Waals surface area contributed by atoms with Crippen molar-refractivity contribution in [1.29, 1.82) is 0 Å². The maximum atomic E-state index is 11.9. The largest absolute Gasteiger partial charge is 0.291 e. The van der Waals surface area contributed by atoms with E-state index < -0.39 is 0 Å². The summed E-state index contributed by atoms with van der Waals surface area (Å²) in [7, 11) is 0. The van der Waals surface area contributed by atoms with Crippen LogP contribution in [0.25, 0.3) is 0 Å². The molecule has 2 unspecified atom stereocenters. The molecule has 1 aliphatic carbocycles. The van der Waals surface area contributed by atoms with Crippen LogP contribution >= 0.6 is 0 Å². The molecule has 1 fully saturated rings. The van der Waals surface area contributed by atoms with Gasteiger partial charge in [-0.05, 0) is 32.1 Å². The van der Waals surface area contributed by atoms with Gasteiger partial charge in [-0.15, -0.1) is 0 Å². The number of hydrogen-bond acceptors (Lipinski definition) is 2. The average molecular weight is 300 g/mol. The third-order valence-corrected chi connectivity index (χ3v) is 4.49. The predicted octanol–water partition coefficient (Wildman–Crippen LogP) is 4.83. The molecule has 0 aromatic rings. The smallest absolute Gasteiger partial charge is 0.201 e. The molecular weight excluding hydrogens is 272 g/mol. The fourth-order valence-electron chi connectivity index (χ4n) is 2.90. The minimum Gasteiger partial charge on any atom is -0.291 e. The van der Waals surface area contributed by atoms with Gasteiger partial charge in [0.1, 0.15) is 0 Å². The first kappa shape index (κ1) is 18.3. The topological polar surface area (TPSA) is 34.1 Å². The summed E-state index contributed by atoms with van der Waals surface area (Å²) in [6.45, 7) is 12.1. The lowest BCUT2D eigenvalue weighted by Gasteiger charge is -2.39. The second-order valence-corrected chi connectivity index (χ2v) is 6.93. The molecule has 0 spiro atoms. The Balaban J connectivity index is 2.87. The van der Waals surface area contributed by atoms with Crippen molar-refractivity contribution in [3.8, 4) is 0 Å². The van der Waals surface area contributed by atoms with Gasteiger partial charge in [0, 0.05) is 12.3 Å². The lowest BCUT2D eigenvalue weighted by atomic mass is 9.63. The van der Waals surface area contributed by atoms with Crippen molar-refractivity contribution in [2.24, 2.45) is 17.3 Å². The van der Waals surface area contributed by atoms with E-state index in [0.717, 1.165) is 5.57 Å². The zero-order valence-corrected chi connectivity index (χ0v) is 14.6. The Kier molecular flexibility index (Phi) is 6.28. The highest BCUT2D eigenvalue weighted by Gasteiger charge is 2.44. The summed E-state index contributed by atoms with van der Waals surface area (Å²) in [5.74, 6) is -0.582. The third-order valence-electron chi connectivity index (χ3n) is 4.49. The SMILES string of the molecule is C/C=C(C)/C=C/C=C(C)/C=C/C1C(C)C(=O)C(=O)CC1(C)C.